The first-order valence-electron chi connectivity index (χ1n) is 8.72. The zero-order valence-electron chi connectivity index (χ0n) is 15.3. The van der Waals surface area contributed by atoms with Crippen LogP contribution in [0.4, 0.5) is 0 Å². The van der Waals surface area contributed by atoms with Crippen LogP contribution in [0.25, 0.3) is 0 Å². The van der Waals surface area contributed by atoms with Crippen LogP contribution in [-0.2, 0) is 9.47 Å². The molecule has 1 aliphatic rings. The van der Waals surface area contributed by atoms with Crippen molar-refractivity contribution < 1.29 is 14.3 Å². The number of halogens is 1. The van der Waals surface area contributed by atoms with Gasteiger partial charge in [-0.05, 0) is 48.1 Å². The third-order valence-corrected chi connectivity index (χ3v) is 5.93. The highest BCUT2D eigenvalue weighted by molar-refractivity contribution is 14.1. The maximum absolute atomic E-state index is 12.7. The quantitative estimate of drug-likeness (QED) is 0.533. The van der Waals surface area contributed by atoms with E-state index < -0.39 is 29.0 Å². The van der Waals surface area contributed by atoms with Gasteiger partial charge in [-0.25, -0.2) is 9.59 Å². The molecule has 2 heterocycles. The molecule has 0 spiro atoms. The van der Waals surface area contributed by atoms with Crippen molar-refractivity contribution in [1.82, 2.24) is 9.55 Å². The molecule has 0 amide bonds. The number of hydrogen-bond acceptors (Lipinski definition) is 5. The van der Waals surface area contributed by atoms with Crippen molar-refractivity contribution in [3.05, 3.63) is 66.5 Å². The maximum Gasteiger partial charge on any atom is 0.338 e. The average molecular weight is 484 g/mol. The summed E-state index contributed by atoms with van der Waals surface area (Å²) in [6, 6.07) is 8.68. The predicted molar refractivity (Wildman–Crippen MR) is 108 cm³/mol. The Morgan fingerprint density at radius 2 is 2.00 bits per heavy atom. The molecule has 7 nitrogen and oxygen atoms in total. The Morgan fingerprint density at radius 3 is 2.63 bits per heavy atom. The van der Waals surface area contributed by atoms with Gasteiger partial charge in [-0.1, -0.05) is 32.0 Å². The largest absolute Gasteiger partial charge is 0.451 e. The molecular weight excluding hydrogens is 463 g/mol. The molecule has 4 atom stereocenters. The van der Waals surface area contributed by atoms with Crippen LogP contribution in [-0.4, -0.2) is 27.2 Å². The van der Waals surface area contributed by atoms with E-state index in [2.05, 4.69) is 4.98 Å². The van der Waals surface area contributed by atoms with Gasteiger partial charge in [-0.15, -0.1) is 0 Å². The highest BCUT2D eigenvalue weighted by Crippen LogP contribution is 2.46. The van der Waals surface area contributed by atoms with Crippen molar-refractivity contribution in [1.29, 1.82) is 0 Å². The van der Waals surface area contributed by atoms with Crippen LogP contribution in [0.2, 0.25) is 0 Å². The van der Waals surface area contributed by atoms with Gasteiger partial charge in [0.15, 0.2) is 11.8 Å². The lowest BCUT2D eigenvalue weighted by Crippen LogP contribution is -2.46. The van der Waals surface area contributed by atoms with Gasteiger partial charge in [0.25, 0.3) is 5.56 Å². The number of ether oxygens (including phenoxy) is 2. The molecule has 1 saturated heterocycles. The summed E-state index contributed by atoms with van der Waals surface area (Å²) >= 11 is 1.85. The minimum atomic E-state index is -1.08. The van der Waals surface area contributed by atoms with Crippen molar-refractivity contribution in [2.45, 2.75) is 45.1 Å². The van der Waals surface area contributed by atoms with Gasteiger partial charge in [-0.3, -0.25) is 14.3 Å². The number of esters is 1. The van der Waals surface area contributed by atoms with Gasteiger partial charge in [0.1, 0.15) is 0 Å². The second-order valence-corrected chi connectivity index (χ2v) is 7.97. The first-order chi connectivity index (χ1) is 12.8. The fourth-order valence-corrected chi connectivity index (χ4v) is 3.85. The van der Waals surface area contributed by atoms with Crippen molar-refractivity contribution in [2.75, 3.05) is 0 Å². The average Bonchev–Trinajstić information content (AvgIpc) is 2.89. The Kier molecular flexibility index (Phi) is 5.57. The van der Waals surface area contributed by atoms with Crippen molar-refractivity contribution in [2.24, 2.45) is 5.92 Å². The number of aromatic amines is 1. The monoisotopic (exact) mass is 484 g/mol. The molecule has 1 N–H and O–H groups in total. The Labute approximate surface area is 169 Å². The van der Waals surface area contributed by atoms with Crippen molar-refractivity contribution in [3.8, 4) is 0 Å². The molecule has 1 aromatic carbocycles. The Balaban J connectivity index is 2.04. The van der Waals surface area contributed by atoms with E-state index in [0.29, 0.717) is 15.6 Å². The van der Waals surface area contributed by atoms with Gasteiger partial charge < -0.3 is 9.47 Å². The smallest absolute Gasteiger partial charge is 0.338 e. The van der Waals surface area contributed by atoms with E-state index in [1.807, 2.05) is 42.5 Å². The van der Waals surface area contributed by atoms with Crippen molar-refractivity contribution in [3.63, 3.8) is 0 Å². The molecule has 0 radical (unpaired) electrons. The summed E-state index contributed by atoms with van der Waals surface area (Å²) in [5.74, 6) is -0.640. The summed E-state index contributed by atoms with van der Waals surface area (Å²) in [4.78, 5) is 39.1. The molecule has 0 aliphatic carbocycles. The number of nitrogens with one attached hydrogen (secondary N) is 1. The Morgan fingerprint density at radius 1 is 1.33 bits per heavy atom. The first kappa shape index (κ1) is 19.8. The fraction of sp³-hybridized carbons (Fsp3) is 0.421. The van der Waals surface area contributed by atoms with Gasteiger partial charge >= 0.3 is 11.7 Å². The number of carbonyl (C=O) groups excluding carboxylic acids is 1. The van der Waals surface area contributed by atoms with Crippen LogP contribution in [0.1, 0.15) is 43.8 Å². The molecule has 0 bridgehead atoms. The van der Waals surface area contributed by atoms with Gasteiger partial charge in [0, 0.05) is 12.1 Å². The van der Waals surface area contributed by atoms with Crippen LogP contribution in [0.3, 0.4) is 0 Å². The lowest BCUT2D eigenvalue weighted by atomic mass is 9.86. The molecule has 2 aromatic rings. The molecule has 8 heteroatoms. The van der Waals surface area contributed by atoms with Gasteiger partial charge in [-0.2, -0.15) is 0 Å². The Bertz CT molecular complexity index is 955. The van der Waals surface area contributed by atoms with E-state index >= 15 is 0 Å². The molecule has 1 aromatic heterocycles. The number of rotatable bonds is 4. The number of aromatic nitrogens is 2. The topological polar surface area (TPSA) is 90.4 Å². The normalized spacial score (nSPS) is 27.5. The lowest BCUT2D eigenvalue weighted by Gasteiger charge is -2.34. The minimum Gasteiger partial charge on any atom is -0.451 e. The van der Waals surface area contributed by atoms with E-state index in [4.69, 9.17) is 9.47 Å². The van der Waals surface area contributed by atoms with Crippen LogP contribution in [0.15, 0.2) is 46.1 Å². The maximum atomic E-state index is 12.7. The number of nitrogens with zero attached hydrogens (tertiary/aromatic N) is 1. The zero-order chi connectivity index (χ0) is 19.8. The SMILES string of the molecule is CC[C@H]1O[C@@H](n2cc(I)c(=O)[nH]c2=O)[C@](C)(OC(=O)c2ccccc2)[C@@H]1C. The molecule has 0 unspecified atom stereocenters. The predicted octanol–water partition coefficient (Wildman–Crippen LogP) is 2.70. The summed E-state index contributed by atoms with van der Waals surface area (Å²) < 4.78 is 13.6. The second-order valence-electron chi connectivity index (χ2n) is 6.81. The van der Waals surface area contributed by atoms with E-state index in [-0.39, 0.29) is 12.0 Å². The van der Waals surface area contributed by atoms with E-state index in [9.17, 15) is 14.4 Å². The lowest BCUT2D eigenvalue weighted by molar-refractivity contribution is -0.0983. The van der Waals surface area contributed by atoms with Crippen LogP contribution in [0, 0.1) is 9.49 Å². The van der Waals surface area contributed by atoms with Crippen LogP contribution in [0.5, 0.6) is 0 Å². The third-order valence-electron chi connectivity index (χ3n) is 5.16. The number of hydrogen-bond donors (Lipinski definition) is 1. The van der Waals surface area contributed by atoms with E-state index in [1.54, 1.807) is 31.2 Å². The number of H-pyrrole nitrogens is 1. The Hall–Kier alpha value is -1.94. The number of benzene rings is 1. The van der Waals surface area contributed by atoms with E-state index in [1.165, 1.54) is 10.8 Å². The summed E-state index contributed by atoms with van der Waals surface area (Å²) in [6.07, 6.45) is 1.10. The summed E-state index contributed by atoms with van der Waals surface area (Å²) in [6.45, 7) is 5.68. The summed E-state index contributed by atoms with van der Waals surface area (Å²) in [5.41, 5.74) is -1.72. The standard InChI is InChI=1S/C19H21IN2O5/c1-4-14-11(2)19(3,27-16(24)12-8-6-5-7-9-12)17(26-14)22-10-13(20)15(23)21-18(22)25/h5-11,14,17H,4H2,1-3H3,(H,21,23,25)/t11-,14-,17-,19-/m1/s1. The van der Waals surface area contributed by atoms with Gasteiger partial charge in [0.2, 0.25) is 0 Å². The van der Waals surface area contributed by atoms with Gasteiger partial charge in [0.05, 0.1) is 15.2 Å². The molecule has 0 saturated carbocycles. The van der Waals surface area contributed by atoms with E-state index in [0.717, 1.165) is 0 Å². The highest BCUT2D eigenvalue weighted by atomic mass is 127. The summed E-state index contributed by atoms with van der Waals surface area (Å²) in [5, 5.41) is 0. The number of carbonyl (C=O) groups is 1. The first-order valence-corrected chi connectivity index (χ1v) is 9.80. The summed E-state index contributed by atoms with van der Waals surface area (Å²) in [7, 11) is 0. The molecular formula is C19H21IN2O5. The second kappa shape index (κ2) is 7.59. The van der Waals surface area contributed by atoms with Crippen LogP contribution < -0.4 is 11.2 Å². The highest BCUT2D eigenvalue weighted by Gasteiger charge is 2.55. The molecule has 144 valence electrons. The third kappa shape index (κ3) is 3.60. The fourth-order valence-electron chi connectivity index (χ4n) is 3.42. The van der Waals surface area contributed by atoms with Crippen LogP contribution >= 0.6 is 22.6 Å². The van der Waals surface area contributed by atoms with Crippen molar-refractivity contribution >= 4 is 28.6 Å². The molecule has 1 aliphatic heterocycles. The minimum absolute atomic E-state index is 0.156. The molecule has 27 heavy (non-hydrogen) atoms. The molecule has 1 fully saturated rings. The zero-order valence-corrected chi connectivity index (χ0v) is 17.4. The molecule has 3 rings (SSSR count).